The third-order valence-electron chi connectivity index (χ3n) is 4.43. The van der Waals surface area contributed by atoms with Gasteiger partial charge in [0.1, 0.15) is 29.5 Å². The van der Waals surface area contributed by atoms with Crippen LogP contribution in [-0.2, 0) is 14.8 Å². The summed E-state index contributed by atoms with van der Waals surface area (Å²) in [4.78, 5) is 12.1. The van der Waals surface area contributed by atoms with Crippen molar-refractivity contribution in [3.63, 3.8) is 0 Å². The zero-order valence-electron chi connectivity index (χ0n) is 16.1. The second-order valence-corrected chi connectivity index (χ2v) is 8.70. The first-order chi connectivity index (χ1) is 13.8. The van der Waals surface area contributed by atoms with E-state index in [0.29, 0.717) is 11.5 Å². The van der Waals surface area contributed by atoms with Crippen molar-refractivity contribution in [1.82, 2.24) is 10.0 Å². The standard InChI is InChI=1S/C20H23FN2O5S/c1-13(2)19(23-29(25,26)18-10-6-3-7-15(18)21)20(24)22-11-14-12-27-16-8-4-5-9-17(16)28-14/h3-10,13-14,19,23H,11-12H2,1-2H3,(H,22,24)/t14-,19+/m1/s1. The smallest absolute Gasteiger partial charge is 0.244 e. The van der Waals surface area contributed by atoms with Gasteiger partial charge in [0.05, 0.1) is 6.54 Å². The predicted molar refractivity (Wildman–Crippen MR) is 105 cm³/mol. The van der Waals surface area contributed by atoms with Gasteiger partial charge in [0, 0.05) is 0 Å². The number of amides is 1. The van der Waals surface area contributed by atoms with Gasteiger partial charge in [-0.25, -0.2) is 12.8 Å². The number of carbonyl (C=O) groups excluding carboxylic acids is 1. The summed E-state index contributed by atoms with van der Waals surface area (Å²) in [6, 6.07) is 11.1. The summed E-state index contributed by atoms with van der Waals surface area (Å²) in [5, 5.41) is 2.69. The largest absolute Gasteiger partial charge is 0.486 e. The van der Waals surface area contributed by atoms with Crippen molar-refractivity contribution in [3.8, 4) is 11.5 Å². The van der Waals surface area contributed by atoms with E-state index < -0.39 is 38.8 Å². The maximum Gasteiger partial charge on any atom is 0.244 e. The monoisotopic (exact) mass is 422 g/mol. The molecule has 0 aromatic heterocycles. The number of benzene rings is 2. The number of hydrogen-bond donors (Lipinski definition) is 2. The molecule has 2 aromatic carbocycles. The van der Waals surface area contributed by atoms with Crippen molar-refractivity contribution in [3.05, 3.63) is 54.3 Å². The number of sulfonamides is 1. The van der Waals surface area contributed by atoms with E-state index in [-0.39, 0.29) is 19.1 Å². The van der Waals surface area contributed by atoms with Gasteiger partial charge in [-0.3, -0.25) is 4.79 Å². The van der Waals surface area contributed by atoms with Crippen LogP contribution in [0.5, 0.6) is 11.5 Å². The molecule has 0 saturated carbocycles. The van der Waals surface area contributed by atoms with Crippen molar-refractivity contribution in [1.29, 1.82) is 0 Å². The third-order valence-corrected chi connectivity index (χ3v) is 5.90. The highest BCUT2D eigenvalue weighted by atomic mass is 32.2. The van der Waals surface area contributed by atoms with Gasteiger partial charge >= 0.3 is 0 Å². The van der Waals surface area contributed by atoms with Gasteiger partial charge in [-0.1, -0.05) is 38.1 Å². The molecule has 156 valence electrons. The van der Waals surface area contributed by atoms with Gasteiger partial charge < -0.3 is 14.8 Å². The number of halogens is 1. The minimum atomic E-state index is -4.21. The number of ether oxygens (including phenoxy) is 2. The van der Waals surface area contributed by atoms with Crippen LogP contribution in [0.4, 0.5) is 4.39 Å². The first-order valence-corrected chi connectivity index (χ1v) is 10.7. The number of carbonyl (C=O) groups is 1. The SMILES string of the molecule is CC(C)[C@H](NS(=O)(=O)c1ccccc1F)C(=O)NC[C@@H]1COc2ccccc2O1. The highest BCUT2D eigenvalue weighted by Crippen LogP contribution is 2.30. The number of para-hydroxylation sites is 2. The molecule has 2 N–H and O–H groups in total. The van der Waals surface area contributed by atoms with E-state index in [2.05, 4.69) is 10.0 Å². The van der Waals surface area contributed by atoms with Crippen molar-refractivity contribution in [2.24, 2.45) is 5.92 Å². The van der Waals surface area contributed by atoms with Crippen LogP contribution >= 0.6 is 0 Å². The molecule has 7 nitrogen and oxygen atoms in total. The number of fused-ring (bicyclic) bond motifs is 1. The zero-order valence-corrected chi connectivity index (χ0v) is 16.9. The van der Waals surface area contributed by atoms with Crippen molar-refractivity contribution in [2.75, 3.05) is 13.2 Å². The third kappa shape index (κ3) is 5.04. The van der Waals surface area contributed by atoms with E-state index in [1.165, 1.54) is 12.1 Å². The Bertz CT molecular complexity index is 980. The molecule has 2 aromatic rings. The van der Waals surface area contributed by atoms with Crippen molar-refractivity contribution >= 4 is 15.9 Å². The van der Waals surface area contributed by atoms with Crippen LogP contribution in [0.15, 0.2) is 53.4 Å². The lowest BCUT2D eigenvalue weighted by molar-refractivity contribution is -0.124. The molecule has 0 bridgehead atoms. The van der Waals surface area contributed by atoms with Crippen molar-refractivity contribution < 1.29 is 27.1 Å². The summed E-state index contributed by atoms with van der Waals surface area (Å²) in [6.45, 7) is 3.79. The Balaban J connectivity index is 1.64. The van der Waals surface area contributed by atoms with E-state index in [0.717, 1.165) is 12.1 Å². The quantitative estimate of drug-likeness (QED) is 0.713. The minimum absolute atomic E-state index is 0.137. The fraction of sp³-hybridized carbons (Fsp3) is 0.350. The first-order valence-electron chi connectivity index (χ1n) is 9.21. The molecular weight excluding hydrogens is 399 g/mol. The maximum atomic E-state index is 13.9. The number of hydrogen-bond acceptors (Lipinski definition) is 5. The van der Waals surface area contributed by atoms with Crippen LogP contribution < -0.4 is 19.5 Å². The average Bonchev–Trinajstić information content (AvgIpc) is 2.70. The maximum absolute atomic E-state index is 13.9. The van der Waals surface area contributed by atoms with Crippen LogP contribution in [0.3, 0.4) is 0 Å². The molecule has 1 heterocycles. The molecule has 29 heavy (non-hydrogen) atoms. The van der Waals surface area contributed by atoms with Gasteiger partial charge in [-0.15, -0.1) is 0 Å². The lowest BCUT2D eigenvalue weighted by Crippen LogP contribution is -2.52. The Kier molecular flexibility index (Phi) is 6.39. The molecule has 0 aliphatic carbocycles. The molecular formula is C20H23FN2O5S. The fourth-order valence-electron chi connectivity index (χ4n) is 2.87. The number of rotatable bonds is 7. The second kappa shape index (κ2) is 8.79. The van der Waals surface area contributed by atoms with E-state index >= 15 is 0 Å². The Morgan fingerprint density at radius 3 is 2.48 bits per heavy atom. The second-order valence-electron chi connectivity index (χ2n) is 7.02. The summed E-state index contributed by atoms with van der Waals surface area (Å²) < 4.78 is 52.7. The van der Waals surface area contributed by atoms with E-state index in [1.54, 1.807) is 26.0 Å². The van der Waals surface area contributed by atoms with Crippen LogP contribution in [-0.4, -0.2) is 39.6 Å². The first kappa shape index (κ1) is 21.1. The van der Waals surface area contributed by atoms with Crippen LogP contribution in [0.1, 0.15) is 13.8 Å². The molecule has 0 spiro atoms. The summed E-state index contributed by atoms with van der Waals surface area (Å²) in [7, 11) is -4.21. The topological polar surface area (TPSA) is 93.7 Å². The Labute approximate surface area is 169 Å². The molecule has 0 fully saturated rings. The van der Waals surface area contributed by atoms with Gasteiger partial charge in [-0.2, -0.15) is 4.72 Å². The molecule has 9 heteroatoms. The molecule has 1 aliphatic rings. The highest BCUT2D eigenvalue weighted by Gasteiger charge is 2.30. The van der Waals surface area contributed by atoms with E-state index in [4.69, 9.17) is 9.47 Å². The predicted octanol–water partition coefficient (Wildman–Crippen LogP) is 2.08. The zero-order chi connectivity index (χ0) is 21.0. The summed E-state index contributed by atoms with van der Waals surface area (Å²) in [5.74, 6) is -0.552. The van der Waals surface area contributed by atoms with Gasteiger partial charge in [0.25, 0.3) is 0 Å². The Hall–Kier alpha value is -2.65. The lowest BCUT2D eigenvalue weighted by atomic mass is 10.1. The van der Waals surface area contributed by atoms with Crippen LogP contribution in [0.25, 0.3) is 0 Å². The molecule has 1 amide bonds. The van der Waals surface area contributed by atoms with Crippen LogP contribution in [0.2, 0.25) is 0 Å². The van der Waals surface area contributed by atoms with E-state index in [1.807, 2.05) is 12.1 Å². The molecule has 2 atom stereocenters. The van der Waals surface area contributed by atoms with E-state index in [9.17, 15) is 17.6 Å². The average molecular weight is 422 g/mol. The molecule has 0 saturated heterocycles. The molecule has 0 radical (unpaired) electrons. The molecule has 1 aliphatic heterocycles. The van der Waals surface area contributed by atoms with Gasteiger partial charge in [0.15, 0.2) is 11.5 Å². The number of nitrogens with one attached hydrogen (secondary N) is 2. The Morgan fingerprint density at radius 2 is 1.79 bits per heavy atom. The van der Waals surface area contributed by atoms with Gasteiger partial charge in [-0.05, 0) is 30.2 Å². The minimum Gasteiger partial charge on any atom is -0.486 e. The normalized spacial score (nSPS) is 17.0. The summed E-state index contributed by atoms with van der Waals surface area (Å²) >= 11 is 0. The highest BCUT2D eigenvalue weighted by molar-refractivity contribution is 7.89. The molecule has 0 unspecified atom stereocenters. The molecule has 3 rings (SSSR count). The summed E-state index contributed by atoms with van der Waals surface area (Å²) in [5.41, 5.74) is 0. The van der Waals surface area contributed by atoms with Crippen molar-refractivity contribution in [2.45, 2.75) is 30.9 Å². The Morgan fingerprint density at radius 1 is 1.14 bits per heavy atom. The lowest BCUT2D eigenvalue weighted by Gasteiger charge is -2.28. The summed E-state index contributed by atoms with van der Waals surface area (Å²) in [6.07, 6.45) is -0.412. The van der Waals surface area contributed by atoms with Crippen LogP contribution in [0, 0.1) is 11.7 Å². The van der Waals surface area contributed by atoms with Gasteiger partial charge in [0.2, 0.25) is 15.9 Å². The fourth-order valence-corrected chi connectivity index (χ4v) is 4.30.